The lowest BCUT2D eigenvalue weighted by Gasteiger charge is -2.21. The number of halogens is 3. The first kappa shape index (κ1) is 14.3. The first-order valence-electron chi connectivity index (χ1n) is 5.87. The van der Waals surface area contributed by atoms with Gasteiger partial charge in [0.1, 0.15) is 6.07 Å². The van der Waals surface area contributed by atoms with Crippen molar-refractivity contribution < 1.29 is 8.78 Å². The summed E-state index contributed by atoms with van der Waals surface area (Å²) < 4.78 is 27.5. The highest BCUT2D eigenvalue weighted by Gasteiger charge is 2.16. The van der Waals surface area contributed by atoms with Crippen LogP contribution < -0.4 is 4.90 Å². The zero-order valence-corrected chi connectivity index (χ0v) is 11.5. The molecule has 0 N–H and O–H groups in total. The van der Waals surface area contributed by atoms with Gasteiger partial charge in [0.2, 0.25) is 0 Å². The molecule has 0 aliphatic rings. The highest BCUT2D eigenvalue weighted by atomic mass is 35.5. The molecule has 5 heteroatoms. The molecule has 0 heterocycles. The molecule has 2 nitrogen and oxygen atoms in total. The van der Waals surface area contributed by atoms with Crippen LogP contribution in [0.2, 0.25) is 5.02 Å². The summed E-state index contributed by atoms with van der Waals surface area (Å²) in [6, 6.07) is 11.4. The largest absolute Gasteiger partial charge is 0.368 e. The fourth-order valence-electron chi connectivity index (χ4n) is 1.89. The maximum atomic E-state index is 13.9. The van der Waals surface area contributed by atoms with E-state index in [0.29, 0.717) is 11.6 Å². The summed E-state index contributed by atoms with van der Waals surface area (Å²) in [5.41, 5.74) is 0.583. The third kappa shape index (κ3) is 2.73. The summed E-state index contributed by atoms with van der Waals surface area (Å²) >= 11 is 6.04. The average Bonchev–Trinajstić information content (AvgIpc) is 2.44. The highest BCUT2D eigenvalue weighted by Crippen LogP contribution is 2.25. The maximum Gasteiger partial charge on any atom is 0.183 e. The third-order valence-electron chi connectivity index (χ3n) is 2.96. The molecule has 0 aromatic heterocycles. The molecule has 2 aromatic carbocycles. The van der Waals surface area contributed by atoms with E-state index < -0.39 is 11.6 Å². The number of nitrogens with zero attached hydrogens (tertiary/aromatic N) is 2. The van der Waals surface area contributed by atoms with E-state index in [0.717, 1.165) is 5.56 Å². The Morgan fingerprint density at radius 3 is 2.50 bits per heavy atom. The van der Waals surface area contributed by atoms with Gasteiger partial charge in [-0.2, -0.15) is 5.26 Å². The van der Waals surface area contributed by atoms with Crippen molar-refractivity contribution in [3.63, 3.8) is 0 Å². The number of anilines is 1. The molecule has 2 aromatic rings. The molecule has 2 rings (SSSR count). The Hall–Kier alpha value is -2.12. The van der Waals surface area contributed by atoms with E-state index in [1.165, 1.54) is 12.1 Å². The van der Waals surface area contributed by atoms with Gasteiger partial charge in [-0.3, -0.25) is 0 Å². The van der Waals surface area contributed by atoms with Crippen molar-refractivity contribution in [1.82, 2.24) is 0 Å². The number of rotatable bonds is 3. The van der Waals surface area contributed by atoms with Gasteiger partial charge in [0, 0.05) is 18.6 Å². The number of hydrogen-bond donors (Lipinski definition) is 0. The average molecular weight is 293 g/mol. The summed E-state index contributed by atoms with van der Waals surface area (Å²) in [4.78, 5) is 1.54. The zero-order chi connectivity index (χ0) is 14.7. The van der Waals surface area contributed by atoms with Crippen LogP contribution in [-0.2, 0) is 6.54 Å². The van der Waals surface area contributed by atoms with E-state index in [1.54, 1.807) is 30.1 Å². The monoisotopic (exact) mass is 292 g/mol. The van der Waals surface area contributed by atoms with Gasteiger partial charge in [-0.05, 0) is 23.8 Å². The molecule has 0 saturated heterocycles. The summed E-state index contributed by atoms with van der Waals surface area (Å²) in [7, 11) is 1.63. The van der Waals surface area contributed by atoms with Crippen LogP contribution in [0.5, 0.6) is 0 Å². The normalized spacial score (nSPS) is 10.2. The van der Waals surface area contributed by atoms with Crippen molar-refractivity contribution >= 4 is 17.3 Å². The van der Waals surface area contributed by atoms with E-state index in [4.69, 9.17) is 16.9 Å². The minimum atomic E-state index is -1.13. The Kier molecular flexibility index (Phi) is 4.21. The minimum Gasteiger partial charge on any atom is -0.368 e. The van der Waals surface area contributed by atoms with Crippen molar-refractivity contribution in [1.29, 1.82) is 5.26 Å². The smallest absolute Gasteiger partial charge is 0.183 e. The third-order valence-corrected chi connectivity index (χ3v) is 3.33. The van der Waals surface area contributed by atoms with E-state index in [1.807, 2.05) is 12.1 Å². The molecule has 0 unspecified atom stereocenters. The van der Waals surface area contributed by atoms with Gasteiger partial charge >= 0.3 is 0 Å². The topological polar surface area (TPSA) is 27.0 Å². The van der Waals surface area contributed by atoms with Crippen molar-refractivity contribution in [2.75, 3.05) is 11.9 Å². The van der Waals surface area contributed by atoms with Crippen LogP contribution in [0.4, 0.5) is 14.5 Å². The zero-order valence-electron chi connectivity index (χ0n) is 10.7. The van der Waals surface area contributed by atoms with E-state index >= 15 is 0 Å². The van der Waals surface area contributed by atoms with E-state index in [9.17, 15) is 8.78 Å². The summed E-state index contributed by atoms with van der Waals surface area (Å²) in [6.07, 6.45) is 0. The van der Waals surface area contributed by atoms with Gasteiger partial charge in [0.05, 0.1) is 11.3 Å². The predicted octanol–water partition coefficient (Wildman–Crippen LogP) is 4.13. The van der Waals surface area contributed by atoms with Gasteiger partial charge in [-0.15, -0.1) is 0 Å². The summed E-state index contributed by atoms with van der Waals surface area (Å²) in [5, 5.41) is 9.22. The second kappa shape index (κ2) is 5.89. The molecule has 0 fully saturated rings. The lowest BCUT2D eigenvalue weighted by molar-refractivity contribution is 0.505. The van der Waals surface area contributed by atoms with Crippen molar-refractivity contribution in [2.24, 2.45) is 0 Å². The first-order chi connectivity index (χ1) is 9.54. The lowest BCUT2D eigenvalue weighted by atomic mass is 10.1. The number of benzene rings is 2. The maximum absolute atomic E-state index is 13.9. The molecule has 0 amide bonds. The molecule has 0 bridgehead atoms. The van der Waals surface area contributed by atoms with Crippen LogP contribution in [0.1, 0.15) is 11.1 Å². The first-order valence-corrected chi connectivity index (χ1v) is 6.25. The molecule has 0 aliphatic carbocycles. The van der Waals surface area contributed by atoms with Gasteiger partial charge in [0.15, 0.2) is 11.6 Å². The molecular weight excluding hydrogens is 282 g/mol. The van der Waals surface area contributed by atoms with Crippen LogP contribution in [0, 0.1) is 23.0 Å². The second-order valence-corrected chi connectivity index (χ2v) is 4.73. The van der Waals surface area contributed by atoms with Gasteiger partial charge in [-0.1, -0.05) is 29.8 Å². The van der Waals surface area contributed by atoms with Crippen LogP contribution in [0.15, 0.2) is 36.4 Å². The summed E-state index contributed by atoms with van der Waals surface area (Å²) in [5.74, 6) is -2.16. The molecule has 0 saturated carbocycles. The fraction of sp³-hybridized carbons (Fsp3) is 0.133. The quantitative estimate of drug-likeness (QED) is 0.850. The Morgan fingerprint density at radius 2 is 1.85 bits per heavy atom. The highest BCUT2D eigenvalue weighted by molar-refractivity contribution is 6.31. The molecular formula is C15H11ClF2N2. The molecule has 0 spiro atoms. The summed E-state index contributed by atoms with van der Waals surface area (Å²) in [6.45, 7) is 0.335. The Morgan fingerprint density at radius 1 is 1.15 bits per heavy atom. The predicted molar refractivity (Wildman–Crippen MR) is 74.6 cm³/mol. The molecule has 102 valence electrons. The molecule has 0 aliphatic heterocycles. The van der Waals surface area contributed by atoms with Crippen molar-refractivity contribution in [2.45, 2.75) is 6.54 Å². The van der Waals surface area contributed by atoms with E-state index in [2.05, 4.69) is 0 Å². The van der Waals surface area contributed by atoms with Crippen LogP contribution in [-0.4, -0.2) is 7.05 Å². The van der Waals surface area contributed by atoms with Crippen molar-refractivity contribution in [3.05, 3.63) is 64.2 Å². The second-order valence-electron chi connectivity index (χ2n) is 4.32. The van der Waals surface area contributed by atoms with Crippen LogP contribution >= 0.6 is 11.6 Å². The van der Waals surface area contributed by atoms with Crippen LogP contribution in [0.3, 0.4) is 0 Å². The fourth-order valence-corrected chi connectivity index (χ4v) is 2.08. The van der Waals surface area contributed by atoms with Gasteiger partial charge in [-0.25, -0.2) is 8.78 Å². The number of hydrogen-bond acceptors (Lipinski definition) is 2. The van der Waals surface area contributed by atoms with E-state index in [-0.39, 0.29) is 11.3 Å². The van der Waals surface area contributed by atoms with Crippen molar-refractivity contribution in [3.8, 4) is 6.07 Å². The Bertz CT molecular complexity index is 680. The SMILES string of the molecule is CN(Cc1ccccc1Cl)c1ccc(C#N)c(F)c1F. The van der Waals surface area contributed by atoms with Crippen LogP contribution in [0.25, 0.3) is 0 Å². The number of nitriles is 1. The molecule has 20 heavy (non-hydrogen) atoms. The Labute approximate surface area is 120 Å². The lowest BCUT2D eigenvalue weighted by Crippen LogP contribution is -2.18. The molecule has 0 atom stereocenters. The van der Waals surface area contributed by atoms with Gasteiger partial charge < -0.3 is 4.90 Å². The molecule has 0 radical (unpaired) electrons. The Balaban J connectivity index is 2.31. The standard InChI is InChI=1S/C15H11ClF2N2/c1-20(9-11-4-2-3-5-12(11)16)13-7-6-10(8-19)14(17)15(13)18/h2-7H,9H2,1H3. The van der Waals surface area contributed by atoms with Gasteiger partial charge in [0.25, 0.3) is 0 Å². The minimum absolute atomic E-state index is 0.0846.